The van der Waals surface area contributed by atoms with Gasteiger partial charge in [0.05, 0.1) is 16.3 Å². The highest BCUT2D eigenvalue weighted by atomic mass is 32.2. The zero-order chi connectivity index (χ0) is 18.1. The Hall–Kier alpha value is -1.12. The minimum Gasteiger partial charge on any atom is -0.270 e. The monoisotopic (exact) mass is 386 g/mol. The molecule has 1 aromatic carbocycles. The second kappa shape index (κ2) is 7.25. The van der Waals surface area contributed by atoms with Crippen LogP contribution in [0, 0.1) is 0 Å². The summed E-state index contributed by atoms with van der Waals surface area (Å²) in [5, 5.41) is 0. The summed E-state index contributed by atoms with van der Waals surface area (Å²) in [6, 6.07) is 6.36. The molecule has 0 unspecified atom stereocenters. The predicted octanol–water partition coefficient (Wildman–Crippen LogP) is 2.57. The summed E-state index contributed by atoms with van der Waals surface area (Å²) in [5.41, 5.74) is 0.546. The van der Waals surface area contributed by atoms with Gasteiger partial charge in [0.15, 0.2) is 0 Å². The predicted molar refractivity (Wildman–Crippen MR) is 98.6 cm³/mol. The van der Waals surface area contributed by atoms with Crippen LogP contribution < -0.4 is 4.31 Å². The average Bonchev–Trinajstić information content (AvgIpc) is 2.61. The first kappa shape index (κ1) is 18.7. The molecular weight excluding hydrogens is 360 g/mol. The fourth-order valence-corrected chi connectivity index (χ4v) is 7.10. The van der Waals surface area contributed by atoms with Crippen LogP contribution in [0.3, 0.4) is 0 Å². The van der Waals surface area contributed by atoms with Crippen LogP contribution in [-0.2, 0) is 20.0 Å². The third kappa shape index (κ3) is 3.71. The van der Waals surface area contributed by atoms with Crippen LogP contribution in [-0.4, -0.2) is 46.0 Å². The van der Waals surface area contributed by atoms with E-state index in [0.717, 1.165) is 32.1 Å². The number of rotatable bonds is 4. The van der Waals surface area contributed by atoms with Gasteiger partial charge < -0.3 is 0 Å². The number of nitrogens with zero attached hydrogens (tertiary/aromatic N) is 2. The van der Waals surface area contributed by atoms with Gasteiger partial charge in [-0.2, -0.15) is 4.31 Å². The summed E-state index contributed by atoms with van der Waals surface area (Å²) in [5.74, 6) is 0.152. The van der Waals surface area contributed by atoms with Crippen molar-refractivity contribution in [1.29, 1.82) is 0 Å². The molecule has 2 saturated heterocycles. The molecule has 25 heavy (non-hydrogen) atoms. The van der Waals surface area contributed by atoms with Crippen molar-refractivity contribution in [2.24, 2.45) is 0 Å². The molecule has 0 aliphatic carbocycles. The van der Waals surface area contributed by atoms with Crippen molar-refractivity contribution in [2.75, 3.05) is 23.1 Å². The van der Waals surface area contributed by atoms with E-state index >= 15 is 0 Å². The number of anilines is 1. The topological polar surface area (TPSA) is 74.8 Å². The molecular formula is C17H26N2O4S2. The Kier molecular flexibility index (Phi) is 5.41. The second-order valence-corrected chi connectivity index (χ2v) is 10.7. The Bertz CT molecular complexity index is 804. The van der Waals surface area contributed by atoms with Crippen molar-refractivity contribution in [3.05, 3.63) is 24.3 Å². The molecule has 0 N–H and O–H groups in total. The van der Waals surface area contributed by atoms with Gasteiger partial charge in [0, 0.05) is 19.1 Å². The highest BCUT2D eigenvalue weighted by molar-refractivity contribution is 7.92. The van der Waals surface area contributed by atoms with Crippen LogP contribution in [0.1, 0.15) is 45.4 Å². The van der Waals surface area contributed by atoms with Gasteiger partial charge >= 0.3 is 0 Å². The van der Waals surface area contributed by atoms with Gasteiger partial charge in [-0.05, 0) is 56.4 Å². The Labute approximate surface area is 150 Å². The third-order valence-electron chi connectivity index (χ3n) is 5.12. The van der Waals surface area contributed by atoms with Crippen molar-refractivity contribution in [3.8, 4) is 0 Å². The van der Waals surface area contributed by atoms with Gasteiger partial charge in [0.25, 0.3) is 0 Å². The van der Waals surface area contributed by atoms with Crippen LogP contribution in [0.2, 0.25) is 0 Å². The van der Waals surface area contributed by atoms with Crippen molar-refractivity contribution >= 4 is 25.7 Å². The first-order valence-corrected chi connectivity index (χ1v) is 12.0. The first-order valence-electron chi connectivity index (χ1n) is 8.98. The molecule has 1 aromatic rings. The van der Waals surface area contributed by atoms with Crippen LogP contribution in [0.15, 0.2) is 29.2 Å². The standard InChI is InChI=1S/C17H26N2O4S2/c1-2-15-7-3-4-13-19(15)25(22,23)17-10-8-16(9-11-17)18-12-5-6-14-24(18,20)21/h8-11,15H,2-7,12-14H2,1H3/t15-/m1/s1. The largest absolute Gasteiger partial charge is 0.270 e. The molecule has 0 radical (unpaired) electrons. The maximum absolute atomic E-state index is 13.0. The van der Waals surface area contributed by atoms with Crippen molar-refractivity contribution in [3.63, 3.8) is 0 Å². The molecule has 0 saturated carbocycles. The molecule has 2 fully saturated rings. The van der Waals surface area contributed by atoms with Gasteiger partial charge in [-0.15, -0.1) is 0 Å². The molecule has 0 bridgehead atoms. The van der Waals surface area contributed by atoms with Crippen molar-refractivity contribution in [2.45, 2.75) is 56.4 Å². The van der Waals surface area contributed by atoms with Crippen LogP contribution in [0.25, 0.3) is 0 Å². The molecule has 6 nitrogen and oxygen atoms in total. The summed E-state index contributed by atoms with van der Waals surface area (Å²) in [7, 11) is -6.82. The van der Waals surface area contributed by atoms with E-state index in [2.05, 4.69) is 0 Å². The van der Waals surface area contributed by atoms with Gasteiger partial charge in [-0.1, -0.05) is 13.3 Å². The lowest BCUT2D eigenvalue weighted by molar-refractivity contribution is 0.246. The lowest BCUT2D eigenvalue weighted by Crippen LogP contribution is -2.43. The van der Waals surface area contributed by atoms with E-state index in [0.29, 0.717) is 25.2 Å². The normalized spacial score (nSPS) is 25.0. The number of benzene rings is 1. The minimum absolute atomic E-state index is 0.0564. The van der Waals surface area contributed by atoms with E-state index in [1.165, 1.54) is 16.4 Å². The van der Waals surface area contributed by atoms with E-state index in [9.17, 15) is 16.8 Å². The Morgan fingerprint density at radius 3 is 2.36 bits per heavy atom. The second-order valence-electron chi connectivity index (χ2n) is 6.76. The number of hydrogen-bond donors (Lipinski definition) is 0. The van der Waals surface area contributed by atoms with E-state index in [4.69, 9.17) is 0 Å². The third-order valence-corrected chi connectivity index (χ3v) is 8.96. The van der Waals surface area contributed by atoms with Crippen molar-refractivity contribution < 1.29 is 16.8 Å². The highest BCUT2D eigenvalue weighted by Gasteiger charge is 2.33. The summed E-state index contributed by atoms with van der Waals surface area (Å²) in [6.07, 6.45) is 5.17. The average molecular weight is 387 g/mol. The Morgan fingerprint density at radius 2 is 1.72 bits per heavy atom. The quantitative estimate of drug-likeness (QED) is 0.797. The zero-order valence-corrected chi connectivity index (χ0v) is 16.2. The molecule has 2 aliphatic rings. The minimum atomic E-state index is -3.53. The van der Waals surface area contributed by atoms with E-state index < -0.39 is 20.0 Å². The van der Waals surface area contributed by atoms with Gasteiger partial charge in [-0.25, -0.2) is 16.8 Å². The molecule has 0 aromatic heterocycles. The molecule has 2 heterocycles. The summed E-state index contributed by atoms with van der Waals surface area (Å²) in [6.45, 7) is 3.03. The zero-order valence-electron chi connectivity index (χ0n) is 14.6. The molecule has 2 aliphatic heterocycles. The summed E-state index contributed by atoms with van der Waals surface area (Å²) >= 11 is 0. The molecule has 0 amide bonds. The number of sulfonamides is 2. The number of hydrogen-bond acceptors (Lipinski definition) is 4. The smallest absolute Gasteiger partial charge is 0.243 e. The van der Waals surface area contributed by atoms with E-state index in [-0.39, 0.29) is 16.7 Å². The fraction of sp³-hybridized carbons (Fsp3) is 0.647. The van der Waals surface area contributed by atoms with E-state index in [1.807, 2.05) is 6.92 Å². The fourth-order valence-electron chi connectivity index (χ4n) is 3.70. The molecule has 3 rings (SSSR count). The lowest BCUT2D eigenvalue weighted by atomic mass is 10.0. The van der Waals surface area contributed by atoms with Gasteiger partial charge in [0.2, 0.25) is 20.0 Å². The summed E-state index contributed by atoms with van der Waals surface area (Å²) < 4.78 is 53.3. The van der Waals surface area contributed by atoms with Gasteiger partial charge in [0.1, 0.15) is 0 Å². The molecule has 0 spiro atoms. The molecule has 140 valence electrons. The SMILES string of the molecule is CC[C@@H]1CCCCN1S(=O)(=O)c1ccc(N2CCCCS2(=O)=O)cc1. The summed E-state index contributed by atoms with van der Waals surface area (Å²) in [4.78, 5) is 0.242. The maximum Gasteiger partial charge on any atom is 0.243 e. The van der Waals surface area contributed by atoms with Crippen LogP contribution in [0.4, 0.5) is 5.69 Å². The van der Waals surface area contributed by atoms with Crippen LogP contribution >= 0.6 is 0 Å². The molecule has 1 atom stereocenters. The number of piperidine rings is 1. The maximum atomic E-state index is 13.0. The Balaban J connectivity index is 1.86. The highest BCUT2D eigenvalue weighted by Crippen LogP contribution is 2.29. The van der Waals surface area contributed by atoms with E-state index in [1.54, 1.807) is 16.4 Å². The first-order chi connectivity index (χ1) is 11.9. The van der Waals surface area contributed by atoms with Crippen molar-refractivity contribution in [1.82, 2.24) is 4.31 Å². The lowest BCUT2D eigenvalue weighted by Gasteiger charge is -2.34. The van der Waals surface area contributed by atoms with Gasteiger partial charge in [-0.3, -0.25) is 4.31 Å². The van der Waals surface area contributed by atoms with Crippen LogP contribution in [0.5, 0.6) is 0 Å². The molecule has 8 heteroatoms. The Morgan fingerprint density at radius 1 is 1.04 bits per heavy atom.